The highest BCUT2D eigenvalue weighted by atomic mass is 16.5. The molecule has 18 heavy (non-hydrogen) atoms. The van der Waals surface area contributed by atoms with E-state index in [2.05, 4.69) is 18.7 Å². The van der Waals surface area contributed by atoms with Gasteiger partial charge in [0.25, 0.3) is 0 Å². The summed E-state index contributed by atoms with van der Waals surface area (Å²) in [5.74, 6) is -0.510. The lowest BCUT2D eigenvalue weighted by Crippen LogP contribution is -2.41. The Morgan fingerprint density at radius 2 is 1.39 bits per heavy atom. The smallest absolute Gasteiger partial charge is 0.302 e. The van der Waals surface area contributed by atoms with E-state index in [1.807, 2.05) is 0 Å². The molecule has 2 atom stereocenters. The van der Waals surface area contributed by atoms with Crippen LogP contribution in [0.2, 0.25) is 0 Å². The van der Waals surface area contributed by atoms with Crippen LogP contribution < -0.4 is 0 Å². The molecular weight excluding hydrogens is 234 g/mol. The highest BCUT2D eigenvalue weighted by molar-refractivity contribution is 5.66. The molecule has 1 heterocycles. The molecule has 0 amide bonds. The Balaban J connectivity index is 2.65. The highest BCUT2D eigenvalue weighted by Crippen LogP contribution is 2.18. The number of esters is 2. The van der Waals surface area contributed by atoms with Crippen LogP contribution in [-0.4, -0.2) is 48.2 Å². The number of hydrogen-bond acceptors (Lipinski definition) is 5. The van der Waals surface area contributed by atoms with Gasteiger partial charge in [0.1, 0.15) is 12.2 Å². The Morgan fingerprint density at radius 1 is 1.00 bits per heavy atom. The maximum atomic E-state index is 11.0. The summed E-state index contributed by atoms with van der Waals surface area (Å²) in [6.45, 7) is 8.42. The van der Waals surface area contributed by atoms with Crippen molar-refractivity contribution < 1.29 is 19.1 Å². The maximum Gasteiger partial charge on any atom is 0.302 e. The second-order valence-corrected chi connectivity index (χ2v) is 5.09. The minimum Gasteiger partial charge on any atom is -0.461 e. The van der Waals surface area contributed by atoms with E-state index in [0.717, 1.165) is 12.8 Å². The van der Waals surface area contributed by atoms with E-state index in [1.54, 1.807) is 0 Å². The molecule has 2 unspecified atom stereocenters. The summed E-state index contributed by atoms with van der Waals surface area (Å²) < 4.78 is 10.6. The molecule has 5 nitrogen and oxygen atoms in total. The van der Waals surface area contributed by atoms with Gasteiger partial charge in [-0.3, -0.25) is 14.5 Å². The van der Waals surface area contributed by atoms with Gasteiger partial charge in [-0.2, -0.15) is 0 Å². The molecule has 104 valence electrons. The van der Waals surface area contributed by atoms with E-state index in [-0.39, 0.29) is 24.1 Å². The van der Waals surface area contributed by atoms with Crippen molar-refractivity contribution in [2.45, 2.75) is 58.8 Å². The average molecular weight is 257 g/mol. The van der Waals surface area contributed by atoms with Crippen molar-refractivity contribution in [1.29, 1.82) is 0 Å². The number of ether oxygens (including phenoxy) is 2. The van der Waals surface area contributed by atoms with Gasteiger partial charge in [0.05, 0.1) is 0 Å². The summed E-state index contributed by atoms with van der Waals surface area (Å²) in [5, 5.41) is 0. The lowest BCUT2D eigenvalue weighted by Gasteiger charge is -2.28. The lowest BCUT2D eigenvalue weighted by atomic mass is 10.1. The summed E-state index contributed by atoms with van der Waals surface area (Å²) in [5.41, 5.74) is 0. The molecule has 5 heteroatoms. The molecule has 0 saturated carbocycles. The SMILES string of the molecule is CC(=O)OC1CCC(OC(C)=O)CN(C(C)C)C1. The number of nitrogens with zero attached hydrogens (tertiary/aromatic N) is 1. The zero-order valence-corrected chi connectivity index (χ0v) is 11.6. The van der Waals surface area contributed by atoms with Gasteiger partial charge in [0, 0.05) is 33.0 Å². The van der Waals surface area contributed by atoms with Crippen LogP contribution in [0.3, 0.4) is 0 Å². The van der Waals surface area contributed by atoms with E-state index in [9.17, 15) is 9.59 Å². The molecule has 0 radical (unpaired) electrons. The zero-order chi connectivity index (χ0) is 13.7. The Kier molecular flexibility index (Phi) is 5.59. The van der Waals surface area contributed by atoms with E-state index < -0.39 is 0 Å². The third-order valence-electron chi connectivity index (χ3n) is 3.08. The Labute approximate surface area is 108 Å². The first-order chi connectivity index (χ1) is 8.38. The molecule has 0 aromatic rings. The monoisotopic (exact) mass is 257 g/mol. The molecule has 0 aromatic heterocycles. The van der Waals surface area contributed by atoms with Crippen LogP contribution in [0.1, 0.15) is 40.5 Å². The Bertz CT molecular complexity index is 277. The normalized spacial score (nSPS) is 25.6. The average Bonchev–Trinajstić information content (AvgIpc) is 2.39. The minimum absolute atomic E-state index is 0.106. The zero-order valence-electron chi connectivity index (χ0n) is 11.6. The van der Waals surface area contributed by atoms with Crippen LogP contribution in [0.5, 0.6) is 0 Å². The fourth-order valence-electron chi connectivity index (χ4n) is 2.24. The number of carbonyl (C=O) groups excluding carboxylic acids is 2. The first-order valence-corrected chi connectivity index (χ1v) is 6.47. The number of likely N-dealkylation sites (tertiary alicyclic amines) is 1. The molecule has 1 fully saturated rings. The first kappa shape index (κ1) is 15.0. The van der Waals surface area contributed by atoms with Gasteiger partial charge in [0.2, 0.25) is 0 Å². The van der Waals surface area contributed by atoms with Crippen LogP contribution in [0.4, 0.5) is 0 Å². The fraction of sp³-hybridized carbons (Fsp3) is 0.846. The molecule has 1 aliphatic rings. The van der Waals surface area contributed by atoms with E-state index in [4.69, 9.17) is 9.47 Å². The second kappa shape index (κ2) is 6.73. The Morgan fingerprint density at radius 3 is 1.67 bits per heavy atom. The van der Waals surface area contributed by atoms with Crippen LogP contribution in [0.15, 0.2) is 0 Å². The van der Waals surface area contributed by atoms with Crippen molar-refractivity contribution in [1.82, 2.24) is 4.90 Å². The molecule has 0 aliphatic carbocycles. The molecule has 0 aromatic carbocycles. The van der Waals surface area contributed by atoms with Crippen LogP contribution >= 0.6 is 0 Å². The number of hydrogen-bond donors (Lipinski definition) is 0. The molecule has 1 saturated heterocycles. The summed E-state index contributed by atoms with van der Waals surface area (Å²) >= 11 is 0. The Hall–Kier alpha value is -1.10. The predicted molar refractivity (Wildman–Crippen MR) is 67.1 cm³/mol. The fourth-order valence-corrected chi connectivity index (χ4v) is 2.24. The lowest BCUT2D eigenvalue weighted by molar-refractivity contribution is -0.148. The molecule has 0 N–H and O–H groups in total. The summed E-state index contributed by atoms with van der Waals surface area (Å²) in [4.78, 5) is 24.3. The van der Waals surface area contributed by atoms with Gasteiger partial charge in [-0.25, -0.2) is 0 Å². The van der Waals surface area contributed by atoms with Crippen molar-refractivity contribution in [3.05, 3.63) is 0 Å². The molecule has 1 rings (SSSR count). The van der Waals surface area contributed by atoms with Crippen molar-refractivity contribution in [3.63, 3.8) is 0 Å². The largest absolute Gasteiger partial charge is 0.461 e. The van der Waals surface area contributed by atoms with Gasteiger partial charge >= 0.3 is 11.9 Å². The van der Waals surface area contributed by atoms with Gasteiger partial charge in [-0.1, -0.05) is 0 Å². The third kappa shape index (κ3) is 5.04. The summed E-state index contributed by atoms with van der Waals surface area (Å²) in [6, 6.07) is 0.333. The van der Waals surface area contributed by atoms with Gasteiger partial charge in [0.15, 0.2) is 0 Å². The van der Waals surface area contributed by atoms with Gasteiger partial charge in [-0.15, -0.1) is 0 Å². The second-order valence-electron chi connectivity index (χ2n) is 5.09. The molecule has 0 spiro atoms. The molecule has 1 aliphatic heterocycles. The number of carbonyl (C=O) groups is 2. The third-order valence-corrected chi connectivity index (χ3v) is 3.08. The first-order valence-electron chi connectivity index (χ1n) is 6.47. The van der Waals surface area contributed by atoms with Gasteiger partial charge < -0.3 is 9.47 Å². The quantitative estimate of drug-likeness (QED) is 0.714. The van der Waals surface area contributed by atoms with E-state index in [1.165, 1.54) is 13.8 Å². The topological polar surface area (TPSA) is 55.8 Å². The van der Waals surface area contributed by atoms with Crippen molar-refractivity contribution in [2.24, 2.45) is 0 Å². The van der Waals surface area contributed by atoms with E-state index >= 15 is 0 Å². The highest BCUT2D eigenvalue weighted by Gasteiger charge is 2.28. The van der Waals surface area contributed by atoms with Crippen LogP contribution in [0.25, 0.3) is 0 Å². The molecule has 0 bridgehead atoms. The van der Waals surface area contributed by atoms with Crippen LogP contribution in [-0.2, 0) is 19.1 Å². The maximum absolute atomic E-state index is 11.0. The summed E-state index contributed by atoms with van der Waals surface area (Å²) in [7, 11) is 0. The van der Waals surface area contributed by atoms with E-state index in [0.29, 0.717) is 19.1 Å². The van der Waals surface area contributed by atoms with Crippen LogP contribution in [0, 0.1) is 0 Å². The standard InChI is InChI=1S/C13H23NO4/c1-9(2)14-7-12(17-10(3)15)5-6-13(8-14)18-11(4)16/h9,12-13H,5-8H2,1-4H3. The predicted octanol–water partition coefficient (Wildman–Crippen LogP) is 1.35. The molecular formula is C13H23NO4. The van der Waals surface area contributed by atoms with Crippen molar-refractivity contribution in [2.75, 3.05) is 13.1 Å². The van der Waals surface area contributed by atoms with Crippen molar-refractivity contribution in [3.8, 4) is 0 Å². The number of rotatable bonds is 3. The summed E-state index contributed by atoms with van der Waals surface area (Å²) in [6.07, 6.45) is 1.26. The van der Waals surface area contributed by atoms with Gasteiger partial charge in [-0.05, 0) is 26.7 Å². The van der Waals surface area contributed by atoms with Crippen molar-refractivity contribution >= 4 is 11.9 Å². The minimum atomic E-state index is -0.255.